The molecule has 2 aliphatic rings. The summed E-state index contributed by atoms with van der Waals surface area (Å²) in [6.07, 6.45) is 8.27. The minimum Gasteiger partial charge on any atom is -0.329 e. The summed E-state index contributed by atoms with van der Waals surface area (Å²) in [4.78, 5) is 2.85. The molecule has 1 saturated carbocycles. The summed E-state index contributed by atoms with van der Waals surface area (Å²) in [6, 6.07) is 0.798. The van der Waals surface area contributed by atoms with E-state index >= 15 is 0 Å². The van der Waals surface area contributed by atoms with Crippen LogP contribution in [0.4, 0.5) is 0 Å². The van der Waals surface area contributed by atoms with E-state index in [0.717, 1.165) is 18.5 Å². The lowest BCUT2D eigenvalue weighted by Crippen LogP contribution is -2.64. The van der Waals surface area contributed by atoms with Crippen molar-refractivity contribution >= 4 is 11.8 Å². The van der Waals surface area contributed by atoms with Crippen molar-refractivity contribution in [2.24, 2.45) is 11.7 Å². The molecule has 19 heavy (non-hydrogen) atoms. The second-order valence-electron chi connectivity index (χ2n) is 6.91. The Labute approximate surface area is 123 Å². The third kappa shape index (κ3) is 3.30. The molecule has 0 aromatic rings. The molecule has 0 spiro atoms. The fourth-order valence-electron chi connectivity index (χ4n) is 4.06. The molecule has 2 nitrogen and oxygen atoms in total. The average molecular weight is 285 g/mol. The van der Waals surface area contributed by atoms with E-state index in [1.54, 1.807) is 0 Å². The lowest BCUT2D eigenvalue weighted by atomic mass is 9.85. The molecule has 0 amide bonds. The van der Waals surface area contributed by atoms with Crippen LogP contribution in [-0.2, 0) is 0 Å². The van der Waals surface area contributed by atoms with Gasteiger partial charge in [0.2, 0.25) is 0 Å². The monoisotopic (exact) mass is 284 g/mol. The first-order valence-electron chi connectivity index (χ1n) is 8.18. The van der Waals surface area contributed by atoms with E-state index in [-0.39, 0.29) is 5.54 Å². The summed E-state index contributed by atoms with van der Waals surface area (Å²) < 4.78 is 0. The highest BCUT2D eigenvalue weighted by Crippen LogP contribution is 2.41. The van der Waals surface area contributed by atoms with Gasteiger partial charge in [-0.15, -0.1) is 0 Å². The van der Waals surface area contributed by atoms with Crippen molar-refractivity contribution < 1.29 is 0 Å². The fourth-order valence-corrected chi connectivity index (χ4v) is 5.39. The third-order valence-electron chi connectivity index (χ3n) is 5.13. The molecule has 2 unspecified atom stereocenters. The van der Waals surface area contributed by atoms with E-state index in [9.17, 15) is 0 Å². The topological polar surface area (TPSA) is 29.3 Å². The maximum atomic E-state index is 6.32. The van der Waals surface area contributed by atoms with Crippen LogP contribution < -0.4 is 5.73 Å². The largest absolute Gasteiger partial charge is 0.329 e. The average Bonchev–Trinajstić information content (AvgIpc) is 2.90. The molecule has 0 aromatic heterocycles. The molecular formula is C16H32N2S. The maximum absolute atomic E-state index is 6.32. The smallest absolute Gasteiger partial charge is 0.0450 e. The van der Waals surface area contributed by atoms with Gasteiger partial charge in [0.15, 0.2) is 0 Å². The van der Waals surface area contributed by atoms with Crippen molar-refractivity contribution in [1.29, 1.82) is 0 Å². The van der Waals surface area contributed by atoms with E-state index in [1.807, 2.05) is 0 Å². The van der Waals surface area contributed by atoms with Gasteiger partial charge in [-0.05, 0) is 37.4 Å². The highest BCUT2D eigenvalue weighted by Gasteiger charge is 2.45. The second kappa shape index (κ2) is 6.82. The predicted molar refractivity (Wildman–Crippen MR) is 86.7 cm³/mol. The molecule has 1 saturated heterocycles. The summed E-state index contributed by atoms with van der Waals surface area (Å²) in [5, 5.41) is 0.686. The summed E-state index contributed by atoms with van der Waals surface area (Å²) in [6.45, 7) is 9.19. The first-order valence-corrected chi connectivity index (χ1v) is 9.23. The van der Waals surface area contributed by atoms with Crippen LogP contribution in [0.5, 0.6) is 0 Å². The van der Waals surface area contributed by atoms with Crippen molar-refractivity contribution in [1.82, 2.24) is 4.90 Å². The van der Waals surface area contributed by atoms with Crippen LogP contribution in [0.15, 0.2) is 0 Å². The molecule has 2 rings (SSSR count). The number of nitrogens with zero attached hydrogens (tertiary/aromatic N) is 1. The van der Waals surface area contributed by atoms with E-state index < -0.39 is 0 Å². The van der Waals surface area contributed by atoms with Gasteiger partial charge in [0.05, 0.1) is 0 Å². The lowest BCUT2D eigenvalue weighted by Gasteiger charge is -2.53. The van der Waals surface area contributed by atoms with Crippen molar-refractivity contribution in [2.45, 2.75) is 76.1 Å². The van der Waals surface area contributed by atoms with Gasteiger partial charge in [-0.25, -0.2) is 0 Å². The number of thioether (sulfide) groups is 1. The van der Waals surface area contributed by atoms with E-state index in [0.29, 0.717) is 5.25 Å². The summed E-state index contributed by atoms with van der Waals surface area (Å²) in [5.74, 6) is 2.06. The molecule has 2 fully saturated rings. The van der Waals surface area contributed by atoms with Crippen molar-refractivity contribution in [3.8, 4) is 0 Å². The van der Waals surface area contributed by atoms with Crippen molar-refractivity contribution in [3.05, 3.63) is 0 Å². The fraction of sp³-hybridized carbons (Fsp3) is 1.00. The molecule has 1 heterocycles. The Balaban J connectivity index is 2.21. The molecule has 2 atom stereocenters. The van der Waals surface area contributed by atoms with Gasteiger partial charge >= 0.3 is 0 Å². The number of rotatable bonds is 5. The summed E-state index contributed by atoms with van der Waals surface area (Å²) in [5.41, 5.74) is 6.58. The van der Waals surface area contributed by atoms with Crippen LogP contribution >= 0.6 is 11.8 Å². The Morgan fingerprint density at radius 2 is 1.95 bits per heavy atom. The minimum absolute atomic E-state index is 0.266. The standard InChI is InChI=1S/C16H32N2S/c1-13(2)11-18(15-7-4-5-8-15)16(12-17)9-6-10-19-14(16)3/h13-15H,4-12,17H2,1-3H3. The molecule has 2 N–H and O–H groups in total. The van der Waals surface area contributed by atoms with E-state index in [1.165, 1.54) is 50.8 Å². The summed E-state index contributed by atoms with van der Waals surface area (Å²) >= 11 is 2.14. The molecular weight excluding hydrogens is 252 g/mol. The minimum atomic E-state index is 0.266. The molecule has 1 aliphatic heterocycles. The zero-order chi connectivity index (χ0) is 13.9. The summed E-state index contributed by atoms with van der Waals surface area (Å²) in [7, 11) is 0. The van der Waals surface area contributed by atoms with Gasteiger partial charge in [0.25, 0.3) is 0 Å². The van der Waals surface area contributed by atoms with Gasteiger partial charge in [0, 0.05) is 29.9 Å². The molecule has 0 aromatic carbocycles. The highest BCUT2D eigenvalue weighted by atomic mass is 32.2. The van der Waals surface area contributed by atoms with E-state index in [2.05, 4.69) is 37.4 Å². The molecule has 0 bridgehead atoms. The van der Waals surface area contributed by atoms with Crippen LogP contribution in [-0.4, -0.2) is 40.6 Å². The third-order valence-corrected chi connectivity index (χ3v) is 6.59. The second-order valence-corrected chi connectivity index (χ2v) is 8.36. The van der Waals surface area contributed by atoms with Crippen LogP contribution in [0.25, 0.3) is 0 Å². The van der Waals surface area contributed by atoms with Crippen LogP contribution in [0.3, 0.4) is 0 Å². The van der Waals surface area contributed by atoms with Crippen LogP contribution in [0.2, 0.25) is 0 Å². The molecule has 0 radical (unpaired) electrons. The zero-order valence-corrected chi connectivity index (χ0v) is 13.8. The van der Waals surface area contributed by atoms with Crippen LogP contribution in [0.1, 0.15) is 59.3 Å². The first kappa shape index (κ1) is 15.7. The quantitative estimate of drug-likeness (QED) is 0.838. The number of hydrogen-bond acceptors (Lipinski definition) is 3. The molecule has 1 aliphatic carbocycles. The lowest BCUT2D eigenvalue weighted by molar-refractivity contribution is 0.0291. The maximum Gasteiger partial charge on any atom is 0.0450 e. The van der Waals surface area contributed by atoms with Gasteiger partial charge in [-0.2, -0.15) is 11.8 Å². The zero-order valence-electron chi connectivity index (χ0n) is 13.0. The van der Waals surface area contributed by atoms with Gasteiger partial charge in [-0.3, -0.25) is 4.90 Å². The molecule has 112 valence electrons. The van der Waals surface area contributed by atoms with Crippen molar-refractivity contribution in [2.75, 3.05) is 18.8 Å². The Hall–Kier alpha value is 0.270. The SMILES string of the molecule is CC(C)CN(C1CCCC1)C1(CN)CCCSC1C. The Kier molecular flexibility index (Phi) is 5.62. The van der Waals surface area contributed by atoms with Crippen molar-refractivity contribution in [3.63, 3.8) is 0 Å². The highest BCUT2D eigenvalue weighted by molar-refractivity contribution is 8.00. The van der Waals surface area contributed by atoms with E-state index in [4.69, 9.17) is 5.73 Å². The number of hydrogen-bond donors (Lipinski definition) is 1. The van der Waals surface area contributed by atoms with Gasteiger partial charge in [0.1, 0.15) is 0 Å². The molecule has 3 heteroatoms. The van der Waals surface area contributed by atoms with Gasteiger partial charge in [-0.1, -0.05) is 33.6 Å². The Bertz CT molecular complexity index is 276. The van der Waals surface area contributed by atoms with Gasteiger partial charge < -0.3 is 5.73 Å². The first-order chi connectivity index (χ1) is 9.10. The predicted octanol–water partition coefficient (Wildman–Crippen LogP) is 3.50. The number of nitrogens with two attached hydrogens (primary N) is 1. The normalized spacial score (nSPS) is 33.5. The Morgan fingerprint density at radius 1 is 1.26 bits per heavy atom. The van der Waals surface area contributed by atoms with Crippen LogP contribution in [0, 0.1) is 5.92 Å². The Morgan fingerprint density at radius 3 is 2.47 bits per heavy atom.